The van der Waals surface area contributed by atoms with Crippen molar-refractivity contribution in [3.63, 3.8) is 0 Å². The monoisotopic (exact) mass is 284 g/mol. The van der Waals surface area contributed by atoms with Gasteiger partial charge in [0.25, 0.3) is 0 Å². The predicted molar refractivity (Wildman–Crippen MR) is 88.2 cm³/mol. The first-order chi connectivity index (χ1) is 9.13. The Labute approximate surface area is 126 Å². The van der Waals surface area contributed by atoms with Crippen LogP contribution >= 0.6 is 0 Å². The second-order valence-electron chi connectivity index (χ2n) is 7.06. The minimum atomic E-state index is -0.449. The lowest BCUT2D eigenvalue weighted by Gasteiger charge is -2.43. The molecule has 0 aromatic rings. The Balaban J connectivity index is 4.79. The van der Waals surface area contributed by atoms with E-state index in [1.54, 1.807) is 0 Å². The van der Waals surface area contributed by atoms with Gasteiger partial charge in [0.1, 0.15) is 0 Å². The average molecular weight is 284 g/mol. The van der Waals surface area contributed by atoms with E-state index in [-0.39, 0.29) is 11.3 Å². The maximum absolute atomic E-state index is 12.4. The lowest BCUT2D eigenvalue weighted by molar-refractivity contribution is -0.126. The van der Waals surface area contributed by atoms with E-state index >= 15 is 0 Å². The fourth-order valence-corrected chi connectivity index (χ4v) is 2.58. The largest absolute Gasteiger partial charge is 0.308 e. The fraction of sp³-hybridized carbons (Fsp3) is 0.941. The Morgan fingerprint density at radius 2 is 1.75 bits per heavy atom. The third-order valence-electron chi connectivity index (χ3n) is 5.08. The van der Waals surface area contributed by atoms with Crippen molar-refractivity contribution >= 4 is 5.78 Å². The quantitative estimate of drug-likeness (QED) is 0.666. The molecule has 0 saturated heterocycles. The molecule has 0 saturated carbocycles. The smallest absolute Gasteiger partial charge is 0.166 e. The van der Waals surface area contributed by atoms with Crippen molar-refractivity contribution < 1.29 is 4.79 Å². The minimum absolute atomic E-state index is 0.0589. The Hall–Kier alpha value is -0.410. The number of carbonyl (C=O) groups excluding carboxylic acids is 1. The lowest BCUT2D eigenvalue weighted by Crippen LogP contribution is -2.54. The normalized spacial score (nSPS) is 14.7. The molecule has 0 bridgehead atoms. The van der Waals surface area contributed by atoms with Gasteiger partial charge in [0.15, 0.2) is 5.78 Å². The number of rotatable bonds is 10. The minimum Gasteiger partial charge on any atom is -0.308 e. The highest BCUT2D eigenvalue weighted by atomic mass is 16.1. The zero-order valence-electron chi connectivity index (χ0n) is 15.0. The van der Waals surface area contributed by atoms with Gasteiger partial charge in [-0.25, -0.2) is 0 Å². The van der Waals surface area contributed by atoms with E-state index in [2.05, 4.69) is 45.0 Å². The van der Waals surface area contributed by atoms with Crippen LogP contribution in [0, 0.1) is 5.92 Å². The molecular weight excluding hydrogens is 248 g/mol. The molecule has 0 radical (unpaired) electrons. The molecule has 3 nitrogen and oxygen atoms in total. The molecule has 0 aromatic heterocycles. The fourth-order valence-electron chi connectivity index (χ4n) is 2.58. The number of Topliss-reactive ketones (excluding diaryl/α,β-unsaturated/α-hetero) is 1. The van der Waals surface area contributed by atoms with Crippen molar-refractivity contribution in [2.24, 2.45) is 5.92 Å². The van der Waals surface area contributed by atoms with E-state index < -0.39 is 5.54 Å². The van der Waals surface area contributed by atoms with Crippen LogP contribution in [0.4, 0.5) is 0 Å². The molecule has 0 heterocycles. The Bertz CT molecular complexity index is 297. The summed E-state index contributed by atoms with van der Waals surface area (Å²) >= 11 is 0. The molecule has 3 heteroatoms. The second-order valence-corrected chi connectivity index (χ2v) is 7.06. The SMILES string of the molecule is CCCCC(CC)C(C)(C)N(C)CC(=O)C(C)(C)NC. The molecule has 0 spiro atoms. The highest BCUT2D eigenvalue weighted by Gasteiger charge is 2.35. The van der Waals surface area contributed by atoms with Gasteiger partial charge in [-0.05, 0) is 54.1 Å². The van der Waals surface area contributed by atoms with E-state index in [9.17, 15) is 4.79 Å². The van der Waals surface area contributed by atoms with Gasteiger partial charge in [0, 0.05) is 5.54 Å². The van der Waals surface area contributed by atoms with Crippen LogP contribution in [0.2, 0.25) is 0 Å². The standard InChI is InChI=1S/C17H36N2O/c1-9-11-12-14(10-2)17(5,6)19(8)13-15(20)16(3,4)18-7/h14,18H,9-13H2,1-8H3. The molecule has 0 aliphatic rings. The maximum atomic E-state index is 12.4. The van der Waals surface area contributed by atoms with Gasteiger partial charge in [-0.1, -0.05) is 33.1 Å². The van der Waals surface area contributed by atoms with Crippen molar-refractivity contribution in [1.82, 2.24) is 10.2 Å². The number of hydrogen-bond acceptors (Lipinski definition) is 3. The summed E-state index contributed by atoms with van der Waals surface area (Å²) in [5, 5.41) is 3.10. The molecule has 1 atom stereocenters. The maximum Gasteiger partial charge on any atom is 0.166 e. The number of carbonyl (C=O) groups is 1. The molecule has 0 aliphatic heterocycles. The first-order valence-corrected chi connectivity index (χ1v) is 8.06. The van der Waals surface area contributed by atoms with Gasteiger partial charge in [-0.2, -0.15) is 0 Å². The van der Waals surface area contributed by atoms with Gasteiger partial charge < -0.3 is 5.32 Å². The third kappa shape index (κ3) is 5.17. The summed E-state index contributed by atoms with van der Waals surface area (Å²) in [6.45, 7) is 13.4. The van der Waals surface area contributed by atoms with E-state index in [0.717, 1.165) is 0 Å². The van der Waals surface area contributed by atoms with Crippen LogP contribution in [-0.4, -0.2) is 42.4 Å². The number of nitrogens with zero attached hydrogens (tertiary/aromatic N) is 1. The molecule has 20 heavy (non-hydrogen) atoms. The molecule has 0 aromatic carbocycles. The third-order valence-corrected chi connectivity index (χ3v) is 5.08. The highest BCUT2D eigenvalue weighted by molar-refractivity contribution is 5.89. The molecule has 1 N–H and O–H groups in total. The van der Waals surface area contributed by atoms with Crippen LogP contribution in [0.5, 0.6) is 0 Å². The number of unbranched alkanes of at least 4 members (excludes halogenated alkanes) is 1. The first-order valence-electron chi connectivity index (χ1n) is 8.06. The van der Waals surface area contributed by atoms with Crippen molar-refractivity contribution in [3.8, 4) is 0 Å². The Kier molecular flexibility index (Phi) is 7.97. The summed E-state index contributed by atoms with van der Waals surface area (Å²) in [6, 6.07) is 0. The van der Waals surface area contributed by atoms with Crippen LogP contribution in [0.15, 0.2) is 0 Å². The summed E-state index contributed by atoms with van der Waals surface area (Å²) < 4.78 is 0. The lowest BCUT2D eigenvalue weighted by atomic mass is 9.80. The summed E-state index contributed by atoms with van der Waals surface area (Å²) in [5.74, 6) is 0.888. The van der Waals surface area contributed by atoms with Crippen molar-refractivity contribution in [2.75, 3.05) is 20.6 Å². The molecule has 0 amide bonds. The highest BCUT2D eigenvalue weighted by Crippen LogP contribution is 2.30. The van der Waals surface area contributed by atoms with Gasteiger partial charge in [-0.3, -0.25) is 9.69 Å². The van der Waals surface area contributed by atoms with Crippen LogP contribution < -0.4 is 5.32 Å². The van der Waals surface area contributed by atoms with Crippen LogP contribution in [-0.2, 0) is 4.79 Å². The molecule has 0 rings (SSSR count). The number of hydrogen-bond donors (Lipinski definition) is 1. The first kappa shape index (κ1) is 19.6. The summed E-state index contributed by atoms with van der Waals surface area (Å²) in [7, 11) is 3.93. The van der Waals surface area contributed by atoms with Crippen LogP contribution in [0.3, 0.4) is 0 Å². The average Bonchev–Trinajstić information content (AvgIpc) is 2.39. The summed E-state index contributed by atoms with van der Waals surface area (Å²) in [6.07, 6.45) is 4.92. The van der Waals surface area contributed by atoms with E-state index in [1.807, 2.05) is 20.9 Å². The topological polar surface area (TPSA) is 32.3 Å². The molecule has 0 fully saturated rings. The molecule has 1 unspecified atom stereocenters. The van der Waals surface area contributed by atoms with Gasteiger partial charge >= 0.3 is 0 Å². The Morgan fingerprint density at radius 1 is 1.20 bits per heavy atom. The summed E-state index contributed by atoms with van der Waals surface area (Å²) in [5.41, 5.74) is -0.390. The summed E-state index contributed by atoms with van der Waals surface area (Å²) in [4.78, 5) is 14.6. The van der Waals surface area contributed by atoms with Gasteiger partial charge in [0.05, 0.1) is 12.1 Å². The van der Waals surface area contributed by atoms with Crippen molar-refractivity contribution in [3.05, 3.63) is 0 Å². The van der Waals surface area contributed by atoms with Crippen molar-refractivity contribution in [1.29, 1.82) is 0 Å². The number of ketones is 1. The van der Waals surface area contributed by atoms with E-state index in [0.29, 0.717) is 12.5 Å². The molecular formula is C17H36N2O. The van der Waals surface area contributed by atoms with Crippen LogP contribution in [0.1, 0.15) is 67.2 Å². The molecule has 0 aliphatic carbocycles. The van der Waals surface area contributed by atoms with Crippen molar-refractivity contribution in [2.45, 2.75) is 78.3 Å². The van der Waals surface area contributed by atoms with Gasteiger partial charge in [-0.15, -0.1) is 0 Å². The number of likely N-dealkylation sites (N-methyl/N-ethyl adjacent to an activating group) is 2. The zero-order chi connectivity index (χ0) is 16.0. The predicted octanol–water partition coefficient (Wildman–Crippen LogP) is 3.48. The molecule has 120 valence electrons. The van der Waals surface area contributed by atoms with E-state index in [1.165, 1.54) is 25.7 Å². The second kappa shape index (κ2) is 8.14. The number of nitrogens with one attached hydrogen (secondary N) is 1. The van der Waals surface area contributed by atoms with Crippen LogP contribution in [0.25, 0.3) is 0 Å². The van der Waals surface area contributed by atoms with Gasteiger partial charge in [0.2, 0.25) is 0 Å². The van der Waals surface area contributed by atoms with E-state index in [4.69, 9.17) is 0 Å². The Morgan fingerprint density at radius 3 is 2.15 bits per heavy atom. The zero-order valence-corrected chi connectivity index (χ0v) is 15.0.